The van der Waals surface area contributed by atoms with Crippen LogP contribution >= 0.6 is 0 Å². The van der Waals surface area contributed by atoms with Crippen LogP contribution in [0, 0.1) is 0 Å². The van der Waals surface area contributed by atoms with Crippen LogP contribution in [0.4, 0.5) is 5.69 Å². The van der Waals surface area contributed by atoms with E-state index in [1.165, 1.54) is 39.1 Å². The smallest absolute Gasteiger partial charge is 0.136 e. The van der Waals surface area contributed by atoms with Crippen molar-refractivity contribution >= 4 is 16.7 Å². The molecule has 0 aliphatic heterocycles. The van der Waals surface area contributed by atoms with Gasteiger partial charge in [-0.05, 0) is 69.0 Å². The number of fused-ring (bicyclic) bond motifs is 1. The molecule has 0 saturated heterocycles. The molecular weight excluding hydrogens is 562 g/mol. The molecular formula is C42H55N3O. The molecule has 4 heteroatoms. The molecule has 3 aromatic carbocycles. The Kier molecular flexibility index (Phi) is 9.86. The predicted octanol–water partition coefficient (Wildman–Crippen LogP) is 12.2. The van der Waals surface area contributed by atoms with Gasteiger partial charge in [-0.15, -0.1) is 0 Å². The third-order valence-electron chi connectivity index (χ3n) is 9.54. The summed E-state index contributed by atoms with van der Waals surface area (Å²) in [5.74, 6) is 3.90. The van der Waals surface area contributed by atoms with Crippen molar-refractivity contribution in [2.24, 2.45) is 7.05 Å². The Morgan fingerprint density at radius 2 is 1.28 bits per heavy atom. The fourth-order valence-corrected chi connectivity index (χ4v) is 6.97. The van der Waals surface area contributed by atoms with Gasteiger partial charge < -0.3 is 14.3 Å². The van der Waals surface area contributed by atoms with E-state index >= 15 is 0 Å². The van der Waals surface area contributed by atoms with E-state index in [9.17, 15) is 0 Å². The molecule has 0 fully saturated rings. The van der Waals surface area contributed by atoms with E-state index in [-0.39, 0.29) is 6.04 Å². The zero-order chi connectivity index (χ0) is 33.4. The zero-order valence-electron chi connectivity index (χ0n) is 30.2. The monoisotopic (exact) mass is 617 g/mol. The minimum Gasteiger partial charge on any atom is -0.460 e. The van der Waals surface area contributed by atoms with Crippen LogP contribution in [0.15, 0.2) is 65.2 Å². The molecule has 2 aromatic heterocycles. The number of nitrogens with zero attached hydrogens (tertiary/aromatic N) is 2. The average molecular weight is 618 g/mol. The van der Waals surface area contributed by atoms with Crippen LogP contribution < -0.4 is 5.32 Å². The standard InChI is InChI=1S/C42H55N3O/c1-13-36-39(32-17-14-15-20-37(32)46-36)35-23-45(12)42(43-35)41(44-40-30(25(4)5)18-16-19-31(40)26(6)7)38-33(27(8)9)21-29(24(2)3)22-34(38)28(10)11/h14-28,41,44H,13H2,1-12H3. The normalized spacial score (nSPS) is 12.9. The highest BCUT2D eigenvalue weighted by molar-refractivity contribution is 5.94. The number of benzene rings is 3. The van der Waals surface area contributed by atoms with Crippen LogP contribution in [0.5, 0.6) is 0 Å². The molecule has 0 aliphatic carbocycles. The first-order valence-corrected chi connectivity index (χ1v) is 17.4. The van der Waals surface area contributed by atoms with E-state index in [2.05, 4.69) is 148 Å². The summed E-state index contributed by atoms with van der Waals surface area (Å²) in [6.07, 6.45) is 3.01. The minimum atomic E-state index is -0.157. The highest BCUT2D eigenvalue weighted by atomic mass is 16.3. The van der Waals surface area contributed by atoms with Crippen LogP contribution in [-0.4, -0.2) is 9.55 Å². The number of hydrogen-bond acceptors (Lipinski definition) is 3. The van der Waals surface area contributed by atoms with Crippen LogP contribution in [0.3, 0.4) is 0 Å². The number of anilines is 1. The first kappa shape index (κ1) is 33.6. The van der Waals surface area contributed by atoms with Crippen LogP contribution in [0.1, 0.15) is 157 Å². The number of para-hydroxylation sites is 2. The second-order valence-corrected chi connectivity index (χ2v) is 14.6. The quantitative estimate of drug-likeness (QED) is 0.160. The molecule has 5 rings (SSSR count). The Morgan fingerprint density at radius 1 is 0.717 bits per heavy atom. The Bertz CT molecular complexity index is 1760. The Labute approximate surface area is 277 Å². The van der Waals surface area contributed by atoms with Gasteiger partial charge in [0.05, 0.1) is 11.3 Å². The number of nitrogens with one attached hydrogen (secondary N) is 1. The first-order valence-electron chi connectivity index (χ1n) is 17.4. The topological polar surface area (TPSA) is 43.0 Å². The zero-order valence-corrected chi connectivity index (χ0v) is 30.2. The third kappa shape index (κ3) is 6.28. The van der Waals surface area contributed by atoms with Crippen molar-refractivity contribution in [1.82, 2.24) is 9.55 Å². The number of aromatic nitrogens is 2. The van der Waals surface area contributed by atoms with Gasteiger partial charge in [-0.25, -0.2) is 4.98 Å². The predicted molar refractivity (Wildman–Crippen MR) is 197 cm³/mol. The van der Waals surface area contributed by atoms with Gasteiger partial charge in [0, 0.05) is 30.7 Å². The summed E-state index contributed by atoms with van der Waals surface area (Å²) in [6, 6.07) is 19.9. The molecule has 1 N–H and O–H groups in total. The second-order valence-electron chi connectivity index (χ2n) is 14.6. The minimum absolute atomic E-state index is 0.157. The van der Waals surface area contributed by atoms with Gasteiger partial charge >= 0.3 is 0 Å². The molecule has 244 valence electrons. The fraction of sp³-hybridized carbons (Fsp3) is 0.452. The summed E-state index contributed by atoms with van der Waals surface area (Å²) in [5, 5.41) is 5.33. The molecule has 1 unspecified atom stereocenters. The van der Waals surface area contributed by atoms with Crippen LogP contribution in [0.2, 0.25) is 0 Å². The van der Waals surface area contributed by atoms with Gasteiger partial charge in [0.15, 0.2) is 0 Å². The molecule has 0 radical (unpaired) electrons. The van der Waals surface area contributed by atoms with E-state index in [1.807, 2.05) is 6.07 Å². The lowest BCUT2D eigenvalue weighted by Gasteiger charge is -2.32. The third-order valence-corrected chi connectivity index (χ3v) is 9.54. The number of imidazole rings is 1. The van der Waals surface area contributed by atoms with Crippen molar-refractivity contribution in [1.29, 1.82) is 0 Å². The molecule has 4 nitrogen and oxygen atoms in total. The van der Waals surface area contributed by atoms with E-state index < -0.39 is 0 Å². The van der Waals surface area contributed by atoms with Gasteiger partial charge in [0.1, 0.15) is 23.2 Å². The van der Waals surface area contributed by atoms with Crippen LogP contribution in [-0.2, 0) is 13.5 Å². The summed E-state index contributed by atoms with van der Waals surface area (Å²) >= 11 is 0. The molecule has 0 amide bonds. The van der Waals surface area contributed by atoms with Crippen LogP contribution in [0.25, 0.3) is 22.2 Å². The lowest BCUT2D eigenvalue weighted by Crippen LogP contribution is -2.23. The molecule has 2 heterocycles. The molecule has 0 spiro atoms. The number of aryl methyl sites for hydroxylation is 2. The van der Waals surface area contributed by atoms with E-state index in [0.717, 1.165) is 40.2 Å². The van der Waals surface area contributed by atoms with E-state index in [4.69, 9.17) is 9.40 Å². The molecule has 1 atom stereocenters. The maximum absolute atomic E-state index is 6.35. The first-order chi connectivity index (χ1) is 21.8. The highest BCUT2D eigenvalue weighted by Gasteiger charge is 2.31. The lowest BCUT2D eigenvalue weighted by molar-refractivity contribution is 0.558. The van der Waals surface area contributed by atoms with E-state index in [0.29, 0.717) is 29.6 Å². The maximum atomic E-state index is 6.35. The van der Waals surface area contributed by atoms with Gasteiger partial charge in [-0.3, -0.25) is 0 Å². The molecule has 46 heavy (non-hydrogen) atoms. The van der Waals surface area contributed by atoms with Crippen molar-refractivity contribution < 1.29 is 4.42 Å². The SMILES string of the molecule is CCc1oc2ccccc2c1-c1cn(C)c(C(Nc2c(C(C)C)cccc2C(C)C)c2c(C(C)C)cc(C(C)C)cc2C(C)C)n1. The number of hydrogen-bond donors (Lipinski definition) is 1. The fourth-order valence-electron chi connectivity index (χ4n) is 6.97. The van der Waals surface area contributed by atoms with Crippen molar-refractivity contribution in [3.05, 3.63) is 106 Å². The lowest BCUT2D eigenvalue weighted by atomic mass is 9.81. The highest BCUT2D eigenvalue weighted by Crippen LogP contribution is 2.43. The second kappa shape index (κ2) is 13.5. The summed E-state index contributed by atoms with van der Waals surface area (Å²) < 4.78 is 8.59. The van der Waals surface area contributed by atoms with Gasteiger partial charge in [-0.2, -0.15) is 0 Å². The Morgan fingerprint density at radius 3 is 1.80 bits per heavy atom. The number of rotatable bonds is 11. The van der Waals surface area contributed by atoms with Gasteiger partial charge in [0.25, 0.3) is 0 Å². The molecule has 5 aromatic rings. The molecule has 0 bridgehead atoms. The van der Waals surface area contributed by atoms with Crippen molar-refractivity contribution in [3.8, 4) is 11.3 Å². The average Bonchev–Trinajstić information content (AvgIpc) is 3.58. The Hall–Kier alpha value is -3.79. The van der Waals surface area contributed by atoms with Gasteiger partial charge in [0.2, 0.25) is 0 Å². The maximum Gasteiger partial charge on any atom is 0.136 e. The van der Waals surface area contributed by atoms with Crippen molar-refractivity contribution in [2.45, 2.75) is 118 Å². The van der Waals surface area contributed by atoms with Gasteiger partial charge in [-0.1, -0.05) is 125 Å². The summed E-state index contributed by atoms with van der Waals surface area (Å²) in [7, 11) is 2.15. The number of furan rings is 1. The summed E-state index contributed by atoms with van der Waals surface area (Å²) in [5.41, 5.74) is 12.5. The van der Waals surface area contributed by atoms with Crippen molar-refractivity contribution in [2.75, 3.05) is 5.32 Å². The molecule has 0 aliphatic rings. The molecule has 0 saturated carbocycles. The summed E-state index contributed by atoms with van der Waals surface area (Å²) in [4.78, 5) is 5.53. The Balaban J connectivity index is 1.84. The summed E-state index contributed by atoms with van der Waals surface area (Å²) in [6.45, 7) is 25.3. The van der Waals surface area contributed by atoms with Crippen molar-refractivity contribution in [3.63, 3.8) is 0 Å². The largest absolute Gasteiger partial charge is 0.460 e. The van der Waals surface area contributed by atoms with E-state index in [1.54, 1.807) is 0 Å².